The molecule has 0 saturated heterocycles. The van der Waals surface area contributed by atoms with Gasteiger partial charge in [-0.2, -0.15) is 0 Å². The van der Waals surface area contributed by atoms with Gasteiger partial charge in [0.2, 0.25) is 0 Å². The summed E-state index contributed by atoms with van der Waals surface area (Å²) in [6.45, 7) is 3.10. The van der Waals surface area contributed by atoms with Crippen molar-refractivity contribution < 1.29 is 18.9 Å². The molecule has 210 valence electrons. The minimum absolute atomic E-state index is 0.440. The predicted octanol–water partition coefficient (Wildman–Crippen LogP) is 5.82. The SMILES string of the molecule is COc1ccc(CN(Cc2ccc(OC)c(OC)c2)c2nc(-c3cnccc3C)cc3cc(N)ncc23)cc1OC. The van der Waals surface area contributed by atoms with Gasteiger partial charge in [0.15, 0.2) is 23.0 Å². The third kappa shape index (κ3) is 5.79. The second kappa shape index (κ2) is 12.0. The van der Waals surface area contributed by atoms with Crippen LogP contribution in [0.5, 0.6) is 23.0 Å². The largest absolute Gasteiger partial charge is 0.493 e. The summed E-state index contributed by atoms with van der Waals surface area (Å²) < 4.78 is 22.1. The first kappa shape index (κ1) is 27.5. The number of aryl methyl sites for hydroxylation is 1. The molecule has 0 amide bonds. The standard InChI is InChI=1S/C32H33N5O4/c1-20-10-11-34-16-24(20)26-14-23-15-31(33)35-17-25(23)32(36-26)37(18-21-6-8-27(38-2)29(12-21)40-4)19-22-7-9-28(39-3)30(13-22)41-5/h6-17H,18-19H2,1-5H3,(H2,33,35). The number of fused-ring (bicyclic) bond motifs is 1. The van der Waals surface area contributed by atoms with Crippen LogP contribution in [0.2, 0.25) is 0 Å². The number of nitrogens with two attached hydrogens (primary N) is 1. The number of methoxy groups -OCH3 is 4. The first-order valence-corrected chi connectivity index (χ1v) is 13.1. The molecular weight excluding hydrogens is 518 g/mol. The topological polar surface area (TPSA) is 105 Å². The van der Waals surface area contributed by atoms with E-state index >= 15 is 0 Å². The Bertz CT molecular complexity index is 1630. The van der Waals surface area contributed by atoms with E-state index in [0.29, 0.717) is 41.9 Å². The molecule has 9 heteroatoms. The van der Waals surface area contributed by atoms with Crippen LogP contribution in [0, 0.1) is 6.92 Å². The zero-order valence-electron chi connectivity index (χ0n) is 23.8. The van der Waals surface area contributed by atoms with E-state index in [4.69, 9.17) is 29.7 Å². The zero-order valence-corrected chi connectivity index (χ0v) is 23.8. The lowest BCUT2D eigenvalue weighted by molar-refractivity contribution is 0.354. The van der Waals surface area contributed by atoms with Crippen molar-refractivity contribution in [3.63, 3.8) is 0 Å². The zero-order chi connectivity index (χ0) is 28.9. The van der Waals surface area contributed by atoms with Gasteiger partial charge in [0.05, 0.1) is 34.1 Å². The first-order valence-electron chi connectivity index (χ1n) is 13.1. The smallest absolute Gasteiger partial charge is 0.161 e. The van der Waals surface area contributed by atoms with Crippen LogP contribution in [-0.2, 0) is 13.1 Å². The highest BCUT2D eigenvalue weighted by molar-refractivity contribution is 5.95. The number of benzene rings is 2. The molecule has 2 aromatic carbocycles. The van der Waals surface area contributed by atoms with Gasteiger partial charge in [-0.1, -0.05) is 12.1 Å². The Labute approximate surface area is 239 Å². The van der Waals surface area contributed by atoms with E-state index in [9.17, 15) is 0 Å². The number of hydrogen-bond acceptors (Lipinski definition) is 9. The molecule has 5 aromatic rings. The molecule has 0 radical (unpaired) electrons. The minimum Gasteiger partial charge on any atom is -0.493 e. The van der Waals surface area contributed by atoms with Crippen LogP contribution in [0.15, 0.2) is 73.2 Å². The van der Waals surface area contributed by atoms with E-state index < -0.39 is 0 Å². The fourth-order valence-corrected chi connectivity index (χ4v) is 4.86. The average molecular weight is 552 g/mol. The quantitative estimate of drug-likeness (QED) is 0.230. The normalized spacial score (nSPS) is 10.9. The van der Waals surface area contributed by atoms with E-state index in [2.05, 4.69) is 21.8 Å². The van der Waals surface area contributed by atoms with Crippen molar-refractivity contribution in [1.82, 2.24) is 15.0 Å². The Balaban J connectivity index is 1.69. The third-order valence-corrected chi connectivity index (χ3v) is 6.97. The van der Waals surface area contributed by atoms with Crippen molar-refractivity contribution in [1.29, 1.82) is 0 Å². The molecular formula is C32H33N5O4. The van der Waals surface area contributed by atoms with Crippen LogP contribution in [0.4, 0.5) is 11.6 Å². The number of aromatic nitrogens is 3. The molecule has 3 heterocycles. The molecule has 0 aliphatic rings. The molecule has 0 aliphatic carbocycles. The molecule has 0 bridgehead atoms. The van der Waals surface area contributed by atoms with Gasteiger partial charge >= 0.3 is 0 Å². The summed E-state index contributed by atoms with van der Waals surface area (Å²) in [4.78, 5) is 16.2. The first-order chi connectivity index (χ1) is 19.9. The summed E-state index contributed by atoms with van der Waals surface area (Å²) in [5, 5.41) is 1.82. The van der Waals surface area contributed by atoms with Crippen LogP contribution in [0.1, 0.15) is 16.7 Å². The predicted molar refractivity (Wildman–Crippen MR) is 161 cm³/mol. The summed E-state index contributed by atoms with van der Waals surface area (Å²) in [7, 11) is 6.52. The lowest BCUT2D eigenvalue weighted by Gasteiger charge is -2.27. The van der Waals surface area contributed by atoms with Gasteiger partial charge in [0, 0.05) is 42.6 Å². The number of hydrogen-bond donors (Lipinski definition) is 1. The second-order valence-corrected chi connectivity index (χ2v) is 9.59. The number of rotatable bonds is 10. The second-order valence-electron chi connectivity index (χ2n) is 9.59. The maximum atomic E-state index is 6.13. The Morgan fingerprint density at radius 3 is 1.90 bits per heavy atom. The summed E-state index contributed by atoms with van der Waals surface area (Å²) >= 11 is 0. The summed E-state index contributed by atoms with van der Waals surface area (Å²) in [5.41, 5.74) is 11.0. The summed E-state index contributed by atoms with van der Waals surface area (Å²) in [5.74, 6) is 3.85. The van der Waals surface area contributed by atoms with Crippen LogP contribution < -0.4 is 29.6 Å². The highest BCUT2D eigenvalue weighted by Gasteiger charge is 2.19. The Morgan fingerprint density at radius 1 is 0.732 bits per heavy atom. The van der Waals surface area contributed by atoms with Gasteiger partial charge in [0.25, 0.3) is 0 Å². The van der Waals surface area contributed by atoms with E-state index in [-0.39, 0.29) is 0 Å². The van der Waals surface area contributed by atoms with E-state index in [1.807, 2.05) is 60.8 Å². The van der Waals surface area contributed by atoms with Crippen molar-refractivity contribution in [3.05, 3.63) is 89.9 Å². The third-order valence-electron chi connectivity index (χ3n) is 6.97. The van der Waals surface area contributed by atoms with Crippen LogP contribution >= 0.6 is 0 Å². The van der Waals surface area contributed by atoms with Crippen molar-refractivity contribution >= 4 is 22.4 Å². The Morgan fingerprint density at radius 2 is 1.34 bits per heavy atom. The van der Waals surface area contributed by atoms with E-state index in [1.165, 1.54) is 0 Å². The summed E-state index contributed by atoms with van der Waals surface area (Å²) in [6.07, 6.45) is 5.40. The van der Waals surface area contributed by atoms with E-state index in [1.54, 1.807) is 40.8 Å². The van der Waals surface area contributed by atoms with Crippen molar-refractivity contribution in [2.24, 2.45) is 0 Å². The lowest BCUT2D eigenvalue weighted by atomic mass is 10.0. The fraction of sp³-hybridized carbons (Fsp3) is 0.219. The molecule has 2 N–H and O–H groups in total. The molecule has 0 unspecified atom stereocenters. The van der Waals surface area contributed by atoms with Crippen molar-refractivity contribution in [2.45, 2.75) is 20.0 Å². The molecule has 41 heavy (non-hydrogen) atoms. The van der Waals surface area contributed by atoms with Gasteiger partial charge < -0.3 is 29.6 Å². The van der Waals surface area contributed by atoms with Gasteiger partial charge in [-0.05, 0) is 71.5 Å². The van der Waals surface area contributed by atoms with Gasteiger partial charge in [0.1, 0.15) is 11.6 Å². The van der Waals surface area contributed by atoms with Crippen LogP contribution in [-0.4, -0.2) is 43.4 Å². The molecule has 5 rings (SSSR count). The van der Waals surface area contributed by atoms with Gasteiger partial charge in [-0.25, -0.2) is 9.97 Å². The molecule has 0 saturated carbocycles. The summed E-state index contributed by atoms with van der Waals surface area (Å²) in [6, 6.07) is 17.7. The van der Waals surface area contributed by atoms with Crippen LogP contribution in [0.25, 0.3) is 22.0 Å². The number of nitrogen functional groups attached to an aromatic ring is 1. The minimum atomic E-state index is 0.440. The molecule has 9 nitrogen and oxygen atoms in total. The maximum absolute atomic E-state index is 6.13. The molecule has 0 aliphatic heterocycles. The Hall–Kier alpha value is -5.05. The van der Waals surface area contributed by atoms with E-state index in [0.717, 1.165) is 44.5 Å². The average Bonchev–Trinajstić information content (AvgIpc) is 3.00. The van der Waals surface area contributed by atoms with Crippen LogP contribution in [0.3, 0.4) is 0 Å². The number of anilines is 2. The number of nitrogens with zero attached hydrogens (tertiary/aromatic N) is 4. The monoisotopic (exact) mass is 551 g/mol. The number of pyridine rings is 3. The van der Waals surface area contributed by atoms with Crippen molar-refractivity contribution in [3.8, 4) is 34.3 Å². The molecule has 0 spiro atoms. The maximum Gasteiger partial charge on any atom is 0.161 e. The molecule has 0 fully saturated rings. The Kier molecular flexibility index (Phi) is 8.05. The van der Waals surface area contributed by atoms with Gasteiger partial charge in [-0.3, -0.25) is 4.98 Å². The lowest BCUT2D eigenvalue weighted by Crippen LogP contribution is -2.24. The van der Waals surface area contributed by atoms with Gasteiger partial charge in [-0.15, -0.1) is 0 Å². The highest BCUT2D eigenvalue weighted by Crippen LogP contribution is 2.35. The highest BCUT2D eigenvalue weighted by atomic mass is 16.5. The molecule has 3 aromatic heterocycles. The fourth-order valence-electron chi connectivity index (χ4n) is 4.86. The van der Waals surface area contributed by atoms with Crippen molar-refractivity contribution in [2.75, 3.05) is 39.1 Å². The number of ether oxygens (including phenoxy) is 4. The molecule has 0 atom stereocenters.